The monoisotopic (exact) mass is 362 g/mol. The number of carbonyl (C=O) groups excluding carboxylic acids is 1. The normalized spacial score (nSPS) is 19.8. The zero-order chi connectivity index (χ0) is 16.4. The van der Waals surface area contributed by atoms with Crippen molar-refractivity contribution in [2.24, 2.45) is 0 Å². The molecular weight excluding hydrogens is 344 g/mol. The van der Waals surface area contributed by atoms with Crippen molar-refractivity contribution in [1.82, 2.24) is 4.90 Å². The van der Waals surface area contributed by atoms with Crippen molar-refractivity contribution >= 4 is 34.1 Å². The van der Waals surface area contributed by atoms with Crippen molar-refractivity contribution in [3.05, 3.63) is 41.3 Å². The Morgan fingerprint density at radius 3 is 3.00 bits per heavy atom. The van der Waals surface area contributed by atoms with E-state index >= 15 is 0 Å². The molecule has 2 aliphatic heterocycles. The van der Waals surface area contributed by atoms with E-state index in [0.29, 0.717) is 12.0 Å². The maximum atomic E-state index is 12.4. The molecule has 0 bridgehead atoms. The van der Waals surface area contributed by atoms with Gasteiger partial charge in [-0.1, -0.05) is 6.07 Å². The second kappa shape index (κ2) is 6.94. The molecule has 1 N–H and O–H groups in total. The van der Waals surface area contributed by atoms with E-state index in [1.54, 1.807) is 0 Å². The average molecular weight is 362 g/mol. The fraction of sp³-hybridized carbons (Fsp3) is 0.353. The van der Waals surface area contributed by atoms with Crippen molar-refractivity contribution < 1.29 is 14.3 Å². The maximum absolute atomic E-state index is 12.4. The predicted octanol–water partition coefficient (Wildman–Crippen LogP) is 4.19. The highest BCUT2D eigenvalue weighted by atomic mass is 32.2. The number of anilines is 1. The SMILES string of the molecule is O=C(Nc1cccs1)N1CCSC(c2ccc3c(c2)OCO3)CC1. The van der Waals surface area contributed by atoms with Crippen LogP contribution in [-0.4, -0.2) is 36.6 Å². The lowest BCUT2D eigenvalue weighted by molar-refractivity contribution is 0.174. The highest BCUT2D eigenvalue weighted by Crippen LogP contribution is 2.40. The molecule has 2 aliphatic rings. The molecule has 0 spiro atoms. The molecule has 0 radical (unpaired) electrons. The number of fused-ring (bicyclic) bond motifs is 1. The van der Waals surface area contributed by atoms with Gasteiger partial charge in [-0.25, -0.2) is 4.79 Å². The molecule has 0 saturated carbocycles. The molecule has 1 saturated heterocycles. The Morgan fingerprint density at radius 1 is 1.21 bits per heavy atom. The maximum Gasteiger partial charge on any atom is 0.322 e. The summed E-state index contributed by atoms with van der Waals surface area (Å²) in [6, 6.07) is 10.0. The van der Waals surface area contributed by atoms with Crippen LogP contribution in [0.2, 0.25) is 0 Å². The van der Waals surface area contributed by atoms with Crippen LogP contribution in [0.15, 0.2) is 35.7 Å². The van der Waals surface area contributed by atoms with Crippen LogP contribution in [0.4, 0.5) is 9.80 Å². The van der Waals surface area contributed by atoms with Crippen LogP contribution >= 0.6 is 23.1 Å². The Kier molecular flexibility index (Phi) is 4.53. The van der Waals surface area contributed by atoms with E-state index in [2.05, 4.69) is 17.4 Å². The van der Waals surface area contributed by atoms with Gasteiger partial charge in [-0.3, -0.25) is 5.32 Å². The fourth-order valence-corrected chi connectivity index (χ4v) is 4.72. The van der Waals surface area contributed by atoms with Gasteiger partial charge in [0.1, 0.15) is 0 Å². The standard InChI is InChI=1S/C17H18N2O3S2/c20-17(18-16-2-1-8-24-16)19-6-5-15(23-9-7-19)12-3-4-13-14(10-12)22-11-21-13/h1-4,8,10,15H,5-7,9,11H2,(H,18,20). The summed E-state index contributed by atoms with van der Waals surface area (Å²) in [5.41, 5.74) is 1.24. The molecule has 1 fully saturated rings. The van der Waals surface area contributed by atoms with E-state index in [1.807, 2.05) is 40.2 Å². The van der Waals surface area contributed by atoms with E-state index in [1.165, 1.54) is 16.9 Å². The fourth-order valence-electron chi connectivity index (χ4n) is 2.89. The van der Waals surface area contributed by atoms with Crippen LogP contribution < -0.4 is 14.8 Å². The Labute approximate surface area is 148 Å². The first-order valence-electron chi connectivity index (χ1n) is 7.90. The minimum absolute atomic E-state index is 0.00983. The van der Waals surface area contributed by atoms with Gasteiger partial charge in [-0.2, -0.15) is 11.8 Å². The van der Waals surface area contributed by atoms with Crippen LogP contribution in [0.3, 0.4) is 0 Å². The number of nitrogens with zero attached hydrogens (tertiary/aromatic N) is 1. The van der Waals surface area contributed by atoms with E-state index in [0.717, 1.165) is 41.8 Å². The van der Waals surface area contributed by atoms with Gasteiger partial charge in [0.15, 0.2) is 11.5 Å². The van der Waals surface area contributed by atoms with Gasteiger partial charge in [0, 0.05) is 24.1 Å². The van der Waals surface area contributed by atoms with Crippen molar-refractivity contribution in [1.29, 1.82) is 0 Å². The molecular formula is C17H18N2O3S2. The summed E-state index contributed by atoms with van der Waals surface area (Å²) in [5.74, 6) is 2.57. The minimum Gasteiger partial charge on any atom is -0.454 e. The summed E-state index contributed by atoms with van der Waals surface area (Å²) in [6.07, 6.45) is 0.933. The summed E-state index contributed by atoms with van der Waals surface area (Å²) < 4.78 is 10.8. The van der Waals surface area contributed by atoms with Crippen LogP contribution in [0, 0.1) is 0 Å². The first-order chi connectivity index (χ1) is 11.8. The quantitative estimate of drug-likeness (QED) is 0.870. The van der Waals surface area contributed by atoms with Gasteiger partial charge in [0.2, 0.25) is 6.79 Å². The Bertz CT molecular complexity index is 721. The molecule has 1 atom stereocenters. The van der Waals surface area contributed by atoms with Crippen LogP contribution in [0.5, 0.6) is 11.5 Å². The molecule has 5 nitrogen and oxygen atoms in total. The summed E-state index contributed by atoms with van der Waals surface area (Å²) in [4.78, 5) is 14.3. The van der Waals surface area contributed by atoms with Crippen LogP contribution in [-0.2, 0) is 0 Å². The molecule has 24 heavy (non-hydrogen) atoms. The summed E-state index contributed by atoms with van der Waals surface area (Å²) in [5, 5.41) is 6.20. The van der Waals surface area contributed by atoms with Gasteiger partial charge in [-0.15, -0.1) is 11.3 Å². The number of hydrogen-bond acceptors (Lipinski definition) is 5. The average Bonchev–Trinajstić information content (AvgIpc) is 3.20. The lowest BCUT2D eigenvalue weighted by Crippen LogP contribution is -2.36. The third-order valence-corrected chi connectivity index (χ3v) is 6.26. The van der Waals surface area contributed by atoms with Gasteiger partial charge in [-0.05, 0) is 41.6 Å². The second-order valence-corrected chi connectivity index (χ2v) is 7.91. The molecule has 126 valence electrons. The Morgan fingerprint density at radius 2 is 2.12 bits per heavy atom. The van der Waals surface area contributed by atoms with Crippen LogP contribution in [0.25, 0.3) is 0 Å². The number of ether oxygens (including phenoxy) is 2. The smallest absolute Gasteiger partial charge is 0.322 e. The summed E-state index contributed by atoms with van der Waals surface area (Å²) in [7, 11) is 0. The molecule has 1 aromatic heterocycles. The predicted molar refractivity (Wildman–Crippen MR) is 97.3 cm³/mol. The van der Waals surface area contributed by atoms with E-state index < -0.39 is 0 Å². The Hall–Kier alpha value is -1.86. The third-order valence-electron chi connectivity index (χ3n) is 4.15. The lowest BCUT2D eigenvalue weighted by Gasteiger charge is -2.20. The zero-order valence-corrected chi connectivity index (χ0v) is 14.7. The number of rotatable bonds is 2. The molecule has 2 amide bonds. The van der Waals surface area contributed by atoms with E-state index in [-0.39, 0.29) is 6.03 Å². The van der Waals surface area contributed by atoms with Gasteiger partial charge < -0.3 is 14.4 Å². The minimum atomic E-state index is -0.00983. The second-order valence-electron chi connectivity index (χ2n) is 5.66. The van der Waals surface area contributed by atoms with Crippen molar-refractivity contribution in [2.75, 3.05) is 31.0 Å². The number of thioether (sulfide) groups is 1. The van der Waals surface area contributed by atoms with Crippen LogP contribution in [0.1, 0.15) is 17.2 Å². The zero-order valence-electron chi connectivity index (χ0n) is 13.1. The molecule has 1 aromatic carbocycles. The largest absolute Gasteiger partial charge is 0.454 e. The molecule has 4 rings (SSSR count). The van der Waals surface area contributed by atoms with Gasteiger partial charge in [0.25, 0.3) is 0 Å². The number of nitrogens with one attached hydrogen (secondary N) is 1. The number of thiophene rings is 1. The highest BCUT2D eigenvalue weighted by Gasteiger charge is 2.24. The Balaban J connectivity index is 1.40. The van der Waals surface area contributed by atoms with E-state index in [4.69, 9.17) is 9.47 Å². The number of urea groups is 1. The topological polar surface area (TPSA) is 50.8 Å². The van der Waals surface area contributed by atoms with E-state index in [9.17, 15) is 4.79 Å². The molecule has 3 heterocycles. The lowest BCUT2D eigenvalue weighted by atomic mass is 10.1. The van der Waals surface area contributed by atoms with Crippen molar-refractivity contribution in [3.8, 4) is 11.5 Å². The summed E-state index contributed by atoms with van der Waals surface area (Å²) in [6.45, 7) is 1.82. The first kappa shape index (κ1) is 15.7. The number of carbonyl (C=O) groups is 1. The highest BCUT2D eigenvalue weighted by molar-refractivity contribution is 7.99. The van der Waals surface area contributed by atoms with Crippen molar-refractivity contribution in [2.45, 2.75) is 11.7 Å². The molecule has 7 heteroatoms. The number of amides is 2. The van der Waals surface area contributed by atoms with Gasteiger partial charge in [0.05, 0.1) is 5.00 Å². The first-order valence-corrected chi connectivity index (χ1v) is 9.83. The number of benzene rings is 1. The number of hydrogen-bond donors (Lipinski definition) is 1. The molecule has 2 aromatic rings. The molecule has 1 unspecified atom stereocenters. The molecule has 0 aliphatic carbocycles. The summed E-state index contributed by atoms with van der Waals surface area (Å²) >= 11 is 3.44. The van der Waals surface area contributed by atoms with Crippen molar-refractivity contribution in [3.63, 3.8) is 0 Å². The van der Waals surface area contributed by atoms with Gasteiger partial charge >= 0.3 is 6.03 Å². The third kappa shape index (κ3) is 3.32.